The minimum absolute atomic E-state index is 0.192. The lowest BCUT2D eigenvalue weighted by Gasteiger charge is -1.95. The zero-order chi connectivity index (χ0) is 15.1. The quantitative estimate of drug-likeness (QED) is 0.697. The molecule has 2 aromatic rings. The Balaban J connectivity index is 1.80. The van der Waals surface area contributed by atoms with Crippen LogP contribution in [0, 0.1) is 0 Å². The van der Waals surface area contributed by atoms with Gasteiger partial charge in [-0.05, 0) is 25.7 Å². The third-order valence-corrected chi connectivity index (χ3v) is 2.94. The van der Waals surface area contributed by atoms with Gasteiger partial charge in [0.2, 0.25) is 5.89 Å². The van der Waals surface area contributed by atoms with E-state index >= 15 is 0 Å². The van der Waals surface area contributed by atoms with Crippen molar-refractivity contribution in [2.45, 2.75) is 52.0 Å². The van der Waals surface area contributed by atoms with Crippen LogP contribution in [-0.4, -0.2) is 36.2 Å². The number of carbonyl (C=O) groups is 1. The van der Waals surface area contributed by atoms with E-state index < -0.39 is 5.97 Å². The van der Waals surface area contributed by atoms with Gasteiger partial charge >= 0.3 is 5.97 Å². The lowest BCUT2D eigenvalue weighted by Crippen LogP contribution is -2.02. The molecule has 0 amide bonds. The van der Waals surface area contributed by atoms with Crippen molar-refractivity contribution in [2.75, 3.05) is 0 Å². The average Bonchev–Trinajstić information content (AvgIpc) is 3.05. The highest BCUT2D eigenvalue weighted by molar-refractivity contribution is 5.66. The Kier molecular flexibility index (Phi) is 5.42. The van der Waals surface area contributed by atoms with Crippen molar-refractivity contribution in [3.8, 4) is 0 Å². The maximum absolute atomic E-state index is 10.4. The molecule has 114 valence electrons. The molecule has 2 heterocycles. The Bertz CT molecular complexity index is 578. The molecule has 0 radical (unpaired) electrons. The number of aliphatic carboxylic acids is 1. The minimum atomic E-state index is -0.765. The normalized spacial score (nSPS) is 10.9. The van der Waals surface area contributed by atoms with Crippen LogP contribution in [-0.2, 0) is 24.2 Å². The summed E-state index contributed by atoms with van der Waals surface area (Å²) in [6.45, 7) is 2.48. The second-order valence-electron chi connectivity index (χ2n) is 4.86. The minimum Gasteiger partial charge on any atom is -0.481 e. The molecule has 0 unspecified atom stereocenters. The van der Waals surface area contributed by atoms with E-state index in [1.54, 1.807) is 4.68 Å². The first-order valence-corrected chi connectivity index (χ1v) is 7.09. The molecule has 0 aliphatic heterocycles. The predicted molar refractivity (Wildman–Crippen MR) is 72.6 cm³/mol. The smallest absolute Gasteiger partial charge is 0.303 e. The topological polar surface area (TPSA) is 107 Å². The Hall–Kier alpha value is -2.25. The molecular weight excluding hydrogens is 274 g/mol. The molecule has 0 aliphatic carbocycles. The Morgan fingerprint density at radius 2 is 2.24 bits per heavy atom. The Labute approximate surface area is 122 Å². The lowest BCUT2D eigenvalue weighted by atomic mass is 10.1. The largest absolute Gasteiger partial charge is 0.481 e. The SMILES string of the molecule is CCCc1nc(Cn2cc(CCCCC(=O)O)nn2)no1. The predicted octanol–water partition coefficient (Wildman–Crippen LogP) is 1.46. The summed E-state index contributed by atoms with van der Waals surface area (Å²) >= 11 is 0. The van der Waals surface area contributed by atoms with Crippen molar-refractivity contribution in [3.63, 3.8) is 0 Å². The van der Waals surface area contributed by atoms with E-state index in [0.29, 0.717) is 24.7 Å². The van der Waals surface area contributed by atoms with E-state index in [4.69, 9.17) is 9.63 Å². The highest BCUT2D eigenvalue weighted by Crippen LogP contribution is 2.05. The average molecular weight is 293 g/mol. The van der Waals surface area contributed by atoms with Crippen molar-refractivity contribution < 1.29 is 14.4 Å². The van der Waals surface area contributed by atoms with Gasteiger partial charge in [-0.15, -0.1) is 5.10 Å². The van der Waals surface area contributed by atoms with Crippen molar-refractivity contribution in [2.24, 2.45) is 0 Å². The van der Waals surface area contributed by atoms with Gasteiger partial charge in [-0.3, -0.25) is 4.79 Å². The van der Waals surface area contributed by atoms with Crippen molar-refractivity contribution in [1.29, 1.82) is 0 Å². The molecule has 21 heavy (non-hydrogen) atoms. The molecule has 0 aromatic carbocycles. The number of hydrogen-bond acceptors (Lipinski definition) is 6. The van der Waals surface area contributed by atoms with Crippen molar-refractivity contribution in [1.82, 2.24) is 25.1 Å². The van der Waals surface area contributed by atoms with Crippen LogP contribution in [0.25, 0.3) is 0 Å². The molecule has 0 bridgehead atoms. The van der Waals surface area contributed by atoms with Gasteiger partial charge in [0.05, 0.1) is 5.69 Å². The standard InChI is InChI=1S/C13H19N5O3/c1-2-5-12-14-11(16-21-12)9-18-8-10(15-17-18)6-3-4-7-13(19)20/h8H,2-7,9H2,1H3,(H,19,20). The van der Waals surface area contributed by atoms with Crippen LogP contribution in [0.1, 0.15) is 50.0 Å². The summed E-state index contributed by atoms with van der Waals surface area (Å²) in [6, 6.07) is 0. The summed E-state index contributed by atoms with van der Waals surface area (Å²) in [5, 5.41) is 20.5. The van der Waals surface area contributed by atoms with Crippen LogP contribution in [0.3, 0.4) is 0 Å². The van der Waals surface area contributed by atoms with Gasteiger partial charge in [-0.1, -0.05) is 17.3 Å². The fraction of sp³-hybridized carbons (Fsp3) is 0.615. The summed E-state index contributed by atoms with van der Waals surface area (Å²) in [5.41, 5.74) is 0.845. The second kappa shape index (κ2) is 7.51. The zero-order valence-electron chi connectivity index (χ0n) is 12.0. The molecule has 0 saturated carbocycles. The molecule has 2 aromatic heterocycles. The third kappa shape index (κ3) is 4.97. The van der Waals surface area contributed by atoms with Crippen LogP contribution in [0.5, 0.6) is 0 Å². The first-order valence-electron chi connectivity index (χ1n) is 7.09. The molecule has 1 N–H and O–H groups in total. The van der Waals surface area contributed by atoms with Gasteiger partial charge in [0.25, 0.3) is 0 Å². The summed E-state index contributed by atoms with van der Waals surface area (Å²) in [5.74, 6) is 0.459. The van der Waals surface area contributed by atoms with Gasteiger partial charge in [0, 0.05) is 19.0 Å². The lowest BCUT2D eigenvalue weighted by molar-refractivity contribution is -0.137. The maximum Gasteiger partial charge on any atom is 0.303 e. The monoisotopic (exact) mass is 293 g/mol. The van der Waals surface area contributed by atoms with E-state index in [9.17, 15) is 4.79 Å². The molecular formula is C13H19N5O3. The van der Waals surface area contributed by atoms with E-state index in [1.807, 2.05) is 6.20 Å². The molecule has 0 spiro atoms. The van der Waals surface area contributed by atoms with Gasteiger partial charge < -0.3 is 9.63 Å². The number of carboxylic acid groups (broad SMARTS) is 1. The number of aryl methyl sites for hydroxylation is 2. The number of nitrogens with zero attached hydrogens (tertiary/aromatic N) is 5. The van der Waals surface area contributed by atoms with Gasteiger partial charge in [0.1, 0.15) is 6.54 Å². The number of unbranched alkanes of at least 4 members (excludes halogenated alkanes) is 1. The summed E-state index contributed by atoms with van der Waals surface area (Å²) in [4.78, 5) is 14.7. The van der Waals surface area contributed by atoms with Gasteiger partial charge in [0.15, 0.2) is 5.82 Å². The fourth-order valence-corrected chi connectivity index (χ4v) is 1.93. The highest BCUT2D eigenvalue weighted by Gasteiger charge is 2.08. The number of aromatic nitrogens is 5. The van der Waals surface area contributed by atoms with Crippen LogP contribution in [0.2, 0.25) is 0 Å². The van der Waals surface area contributed by atoms with Gasteiger partial charge in [-0.2, -0.15) is 4.98 Å². The Morgan fingerprint density at radius 1 is 1.38 bits per heavy atom. The molecule has 0 fully saturated rings. The van der Waals surface area contributed by atoms with Crippen LogP contribution in [0.15, 0.2) is 10.7 Å². The van der Waals surface area contributed by atoms with E-state index in [1.165, 1.54) is 0 Å². The van der Waals surface area contributed by atoms with E-state index in [2.05, 4.69) is 27.4 Å². The van der Waals surface area contributed by atoms with E-state index in [-0.39, 0.29) is 6.42 Å². The highest BCUT2D eigenvalue weighted by atomic mass is 16.5. The van der Waals surface area contributed by atoms with E-state index in [0.717, 1.165) is 31.4 Å². The van der Waals surface area contributed by atoms with Crippen LogP contribution >= 0.6 is 0 Å². The molecule has 8 nitrogen and oxygen atoms in total. The van der Waals surface area contributed by atoms with Crippen molar-refractivity contribution in [3.05, 3.63) is 23.6 Å². The number of hydrogen-bond donors (Lipinski definition) is 1. The molecule has 8 heteroatoms. The zero-order valence-corrected chi connectivity index (χ0v) is 12.0. The van der Waals surface area contributed by atoms with Crippen LogP contribution in [0.4, 0.5) is 0 Å². The summed E-state index contributed by atoms with van der Waals surface area (Å²) in [7, 11) is 0. The molecule has 0 aliphatic rings. The van der Waals surface area contributed by atoms with Gasteiger partial charge in [-0.25, -0.2) is 4.68 Å². The van der Waals surface area contributed by atoms with Crippen LogP contribution < -0.4 is 0 Å². The second-order valence-corrected chi connectivity index (χ2v) is 4.86. The molecule has 0 saturated heterocycles. The number of rotatable bonds is 9. The van der Waals surface area contributed by atoms with Crippen molar-refractivity contribution >= 4 is 5.97 Å². The summed E-state index contributed by atoms with van der Waals surface area (Å²) in [6.07, 6.45) is 5.92. The molecule has 0 atom stereocenters. The first kappa shape index (κ1) is 15.1. The molecule has 2 rings (SSSR count). The third-order valence-electron chi connectivity index (χ3n) is 2.94. The number of carboxylic acids is 1. The first-order chi connectivity index (χ1) is 10.2. The maximum atomic E-state index is 10.4. The fourth-order valence-electron chi connectivity index (χ4n) is 1.93. The Morgan fingerprint density at radius 3 is 3.00 bits per heavy atom. The summed E-state index contributed by atoms with van der Waals surface area (Å²) < 4.78 is 6.77.